The van der Waals surface area contributed by atoms with Gasteiger partial charge in [-0.15, -0.1) is 0 Å². The average Bonchev–Trinajstić information content (AvgIpc) is 2.28. The third kappa shape index (κ3) is 8.65. The molecule has 0 saturated carbocycles. The highest BCUT2D eigenvalue weighted by Gasteiger charge is 2.25. The van der Waals surface area contributed by atoms with Crippen molar-refractivity contribution in [1.82, 2.24) is 0 Å². The van der Waals surface area contributed by atoms with Crippen molar-refractivity contribution in [2.45, 2.75) is 39.4 Å². The van der Waals surface area contributed by atoms with Crippen molar-refractivity contribution in [1.29, 1.82) is 0 Å². The normalized spacial score (nSPS) is 12.1. The summed E-state index contributed by atoms with van der Waals surface area (Å²) in [5.74, 6) is -1.25. The number of carboxylic acid groups (broad SMARTS) is 1. The standard InChI is InChI=1S/C6H12O3.C5H10O3/c1-4-9-6(7)5(2)8-3;1-5(2,8-3)4(6)7/h5H,4H2,1-3H3;1-3H3,(H,6,7). The summed E-state index contributed by atoms with van der Waals surface area (Å²) in [7, 11) is 2.84. The Morgan fingerprint density at radius 2 is 1.76 bits per heavy atom. The van der Waals surface area contributed by atoms with Crippen molar-refractivity contribution in [2.24, 2.45) is 0 Å². The van der Waals surface area contributed by atoms with Crippen molar-refractivity contribution < 1.29 is 28.9 Å². The first kappa shape index (κ1) is 18.2. The Hall–Kier alpha value is -1.14. The summed E-state index contributed by atoms with van der Waals surface area (Å²) in [6, 6.07) is 0. The van der Waals surface area contributed by atoms with E-state index >= 15 is 0 Å². The van der Waals surface area contributed by atoms with Gasteiger partial charge in [0.2, 0.25) is 0 Å². The molecule has 17 heavy (non-hydrogen) atoms. The summed E-state index contributed by atoms with van der Waals surface area (Å²) >= 11 is 0. The van der Waals surface area contributed by atoms with E-state index in [1.54, 1.807) is 13.8 Å². The summed E-state index contributed by atoms with van der Waals surface area (Å²) in [5, 5.41) is 8.32. The maximum absolute atomic E-state index is 10.6. The van der Waals surface area contributed by atoms with Gasteiger partial charge in [-0.25, -0.2) is 9.59 Å². The van der Waals surface area contributed by atoms with Crippen molar-refractivity contribution >= 4 is 11.9 Å². The minimum atomic E-state index is -1.04. The minimum absolute atomic E-state index is 0.306. The first-order valence-electron chi connectivity index (χ1n) is 5.20. The van der Waals surface area contributed by atoms with E-state index in [9.17, 15) is 9.59 Å². The molecule has 0 saturated heterocycles. The second-order valence-electron chi connectivity index (χ2n) is 3.65. The third-order valence-electron chi connectivity index (χ3n) is 2.00. The van der Waals surface area contributed by atoms with Crippen LogP contribution in [0.2, 0.25) is 0 Å². The molecule has 0 aliphatic carbocycles. The minimum Gasteiger partial charge on any atom is -0.479 e. The molecule has 1 N–H and O–H groups in total. The van der Waals surface area contributed by atoms with Gasteiger partial charge >= 0.3 is 11.9 Å². The van der Waals surface area contributed by atoms with Crippen LogP contribution in [0.5, 0.6) is 0 Å². The van der Waals surface area contributed by atoms with Crippen molar-refractivity contribution in [2.75, 3.05) is 20.8 Å². The molecular weight excluding hydrogens is 228 g/mol. The molecule has 0 aromatic carbocycles. The summed E-state index contributed by atoms with van der Waals surface area (Å²) in [6.45, 7) is 6.81. The van der Waals surface area contributed by atoms with Crippen LogP contribution in [0.4, 0.5) is 0 Å². The Kier molecular flexibility index (Phi) is 9.60. The van der Waals surface area contributed by atoms with E-state index in [4.69, 9.17) is 5.11 Å². The largest absolute Gasteiger partial charge is 0.479 e. The fourth-order valence-electron chi connectivity index (χ4n) is 0.443. The predicted molar refractivity (Wildman–Crippen MR) is 61.8 cm³/mol. The topological polar surface area (TPSA) is 82.1 Å². The number of hydrogen-bond donors (Lipinski definition) is 1. The van der Waals surface area contributed by atoms with Crippen LogP contribution < -0.4 is 0 Å². The molecule has 0 aromatic rings. The number of carbonyl (C=O) groups excluding carboxylic acids is 1. The summed E-state index contributed by atoms with van der Waals surface area (Å²) < 4.78 is 13.9. The summed E-state index contributed by atoms with van der Waals surface area (Å²) in [5.41, 5.74) is -1.04. The van der Waals surface area contributed by atoms with Gasteiger partial charge in [-0.1, -0.05) is 0 Å². The maximum Gasteiger partial charge on any atom is 0.335 e. The fourth-order valence-corrected chi connectivity index (χ4v) is 0.443. The first-order valence-corrected chi connectivity index (χ1v) is 5.20. The van der Waals surface area contributed by atoms with Gasteiger partial charge in [-0.3, -0.25) is 0 Å². The molecule has 0 heterocycles. The molecule has 0 aliphatic rings. The van der Waals surface area contributed by atoms with E-state index in [-0.39, 0.29) is 5.97 Å². The maximum atomic E-state index is 10.6. The Labute approximate surface area is 102 Å². The van der Waals surface area contributed by atoms with Crippen molar-refractivity contribution in [3.8, 4) is 0 Å². The molecule has 0 aliphatic heterocycles. The lowest BCUT2D eigenvalue weighted by molar-refractivity contribution is -0.157. The number of rotatable bonds is 5. The van der Waals surface area contributed by atoms with Crippen LogP contribution in [0.15, 0.2) is 0 Å². The van der Waals surface area contributed by atoms with Gasteiger partial charge in [0.05, 0.1) is 6.61 Å². The predicted octanol–water partition coefficient (Wildman–Crippen LogP) is 1.08. The molecule has 1 atom stereocenters. The third-order valence-corrected chi connectivity index (χ3v) is 2.00. The molecule has 102 valence electrons. The van der Waals surface area contributed by atoms with Gasteiger partial charge < -0.3 is 19.3 Å². The van der Waals surface area contributed by atoms with Gasteiger partial charge in [-0.2, -0.15) is 0 Å². The highest BCUT2D eigenvalue weighted by molar-refractivity contribution is 5.76. The number of methoxy groups -OCH3 is 2. The Morgan fingerprint density at radius 1 is 1.29 bits per heavy atom. The number of aliphatic carboxylic acids is 1. The summed E-state index contributed by atoms with van der Waals surface area (Å²) in [4.78, 5) is 20.8. The van der Waals surface area contributed by atoms with Crippen LogP contribution in [-0.4, -0.2) is 49.6 Å². The monoisotopic (exact) mass is 250 g/mol. The van der Waals surface area contributed by atoms with Crippen molar-refractivity contribution in [3.05, 3.63) is 0 Å². The highest BCUT2D eigenvalue weighted by atomic mass is 16.6. The van der Waals surface area contributed by atoms with Gasteiger partial charge in [-0.05, 0) is 27.7 Å². The smallest absolute Gasteiger partial charge is 0.335 e. The average molecular weight is 250 g/mol. The second-order valence-corrected chi connectivity index (χ2v) is 3.65. The molecule has 0 aromatic heterocycles. The Balaban J connectivity index is 0. The van der Waals surface area contributed by atoms with Crippen molar-refractivity contribution in [3.63, 3.8) is 0 Å². The second kappa shape index (κ2) is 8.95. The number of esters is 1. The first-order chi connectivity index (χ1) is 7.72. The zero-order valence-electron chi connectivity index (χ0n) is 11.3. The molecule has 0 fully saturated rings. The molecule has 0 radical (unpaired) electrons. The molecular formula is C11H22O6. The van der Waals surface area contributed by atoms with E-state index in [0.29, 0.717) is 6.61 Å². The van der Waals surface area contributed by atoms with Crippen LogP contribution in [-0.2, 0) is 23.8 Å². The van der Waals surface area contributed by atoms with E-state index in [1.165, 1.54) is 28.1 Å². The fraction of sp³-hybridized carbons (Fsp3) is 0.818. The van der Waals surface area contributed by atoms with Gasteiger partial charge in [0.15, 0.2) is 11.7 Å². The molecule has 0 amide bonds. The summed E-state index contributed by atoms with van der Waals surface area (Å²) in [6.07, 6.45) is -0.440. The highest BCUT2D eigenvalue weighted by Crippen LogP contribution is 2.05. The number of ether oxygens (including phenoxy) is 3. The zero-order chi connectivity index (χ0) is 14.1. The number of carboxylic acids is 1. The molecule has 1 unspecified atom stereocenters. The Morgan fingerprint density at radius 3 is 1.94 bits per heavy atom. The number of carbonyl (C=O) groups is 2. The van der Waals surface area contributed by atoms with E-state index in [1.807, 2.05) is 0 Å². The van der Waals surface area contributed by atoms with Crippen LogP contribution in [0, 0.1) is 0 Å². The SMILES string of the molecule is CCOC(=O)C(C)OC.COC(C)(C)C(=O)O. The van der Waals surface area contributed by atoms with Gasteiger partial charge in [0.1, 0.15) is 0 Å². The number of hydrogen-bond acceptors (Lipinski definition) is 5. The quantitative estimate of drug-likeness (QED) is 0.735. The van der Waals surface area contributed by atoms with E-state index in [0.717, 1.165) is 0 Å². The lowest BCUT2D eigenvalue weighted by atomic mass is 10.1. The Bertz CT molecular complexity index is 236. The lowest BCUT2D eigenvalue weighted by Crippen LogP contribution is -2.33. The lowest BCUT2D eigenvalue weighted by Gasteiger charge is -2.15. The van der Waals surface area contributed by atoms with Crippen LogP contribution >= 0.6 is 0 Å². The molecule has 6 nitrogen and oxygen atoms in total. The molecule has 0 spiro atoms. The zero-order valence-corrected chi connectivity index (χ0v) is 11.3. The van der Waals surface area contributed by atoms with Gasteiger partial charge in [0, 0.05) is 14.2 Å². The molecule has 6 heteroatoms. The van der Waals surface area contributed by atoms with Crippen LogP contribution in [0.1, 0.15) is 27.7 Å². The van der Waals surface area contributed by atoms with E-state index < -0.39 is 17.7 Å². The van der Waals surface area contributed by atoms with E-state index in [2.05, 4.69) is 14.2 Å². The molecule has 0 rings (SSSR count). The molecule has 0 bridgehead atoms. The van der Waals surface area contributed by atoms with Crippen LogP contribution in [0.25, 0.3) is 0 Å². The van der Waals surface area contributed by atoms with Crippen LogP contribution in [0.3, 0.4) is 0 Å². The van der Waals surface area contributed by atoms with Gasteiger partial charge in [0.25, 0.3) is 0 Å².